The van der Waals surface area contributed by atoms with E-state index in [1.807, 2.05) is 30.6 Å². The van der Waals surface area contributed by atoms with E-state index in [2.05, 4.69) is 45.9 Å². The van der Waals surface area contributed by atoms with Crippen LogP contribution in [0.15, 0.2) is 67.0 Å². The summed E-state index contributed by atoms with van der Waals surface area (Å²) in [5.41, 5.74) is 10.2. The van der Waals surface area contributed by atoms with Crippen molar-refractivity contribution < 1.29 is 0 Å². The number of nitrogens with zero attached hydrogens (tertiary/aromatic N) is 2. The molecule has 1 heterocycles. The van der Waals surface area contributed by atoms with Gasteiger partial charge in [-0.05, 0) is 13.0 Å². The van der Waals surface area contributed by atoms with Crippen molar-refractivity contribution in [1.29, 1.82) is 0 Å². The summed E-state index contributed by atoms with van der Waals surface area (Å²) in [5, 5.41) is 0. The van der Waals surface area contributed by atoms with Gasteiger partial charge in [0.2, 0.25) is 0 Å². The highest BCUT2D eigenvalue weighted by atomic mass is 15.1. The number of aromatic nitrogens is 2. The van der Waals surface area contributed by atoms with Gasteiger partial charge in [-0.15, -0.1) is 0 Å². The number of hydrogen-bond donors (Lipinski definition) is 1. The number of imidazole rings is 1. The zero-order valence-electron chi connectivity index (χ0n) is 11.9. The number of benzene rings is 2. The summed E-state index contributed by atoms with van der Waals surface area (Å²) in [4.78, 5) is 4.64. The third-order valence-corrected chi connectivity index (χ3v) is 3.54. The van der Waals surface area contributed by atoms with Gasteiger partial charge in [0.15, 0.2) is 0 Å². The van der Waals surface area contributed by atoms with Crippen LogP contribution >= 0.6 is 0 Å². The van der Waals surface area contributed by atoms with Crippen LogP contribution in [0.4, 0.5) is 0 Å². The fourth-order valence-corrected chi connectivity index (χ4v) is 2.52. The molecule has 3 heteroatoms. The SMILES string of the molecule is NCCCn1cnc(-c2ccccc2)c1-c1ccccc1. The highest BCUT2D eigenvalue weighted by Crippen LogP contribution is 2.31. The van der Waals surface area contributed by atoms with Crippen LogP contribution < -0.4 is 5.73 Å². The fraction of sp³-hybridized carbons (Fsp3) is 0.167. The van der Waals surface area contributed by atoms with Crippen LogP contribution in [-0.2, 0) is 6.54 Å². The Bertz CT molecular complexity index is 687. The molecule has 0 unspecified atom stereocenters. The van der Waals surface area contributed by atoms with E-state index in [1.165, 1.54) is 5.56 Å². The van der Waals surface area contributed by atoms with Crippen molar-refractivity contribution in [2.24, 2.45) is 5.73 Å². The van der Waals surface area contributed by atoms with Crippen molar-refractivity contribution in [2.75, 3.05) is 6.54 Å². The van der Waals surface area contributed by atoms with Gasteiger partial charge in [-0.25, -0.2) is 4.98 Å². The molecule has 0 saturated heterocycles. The normalized spacial score (nSPS) is 10.7. The summed E-state index contributed by atoms with van der Waals surface area (Å²) in [6.45, 7) is 1.58. The van der Waals surface area contributed by atoms with Crippen LogP contribution in [-0.4, -0.2) is 16.1 Å². The van der Waals surface area contributed by atoms with Crippen molar-refractivity contribution in [2.45, 2.75) is 13.0 Å². The van der Waals surface area contributed by atoms with E-state index in [4.69, 9.17) is 5.73 Å². The van der Waals surface area contributed by atoms with Crippen LogP contribution in [0.2, 0.25) is 0 Å². The van der Waals surface area contributed by atoms with Gasteiger partial charge in [0.05, 0.1) is 17.7 Å². The summed E-state index contributed by atoms with van der Waals surface area (Å²) in [6.07, 6.45) is 2.87. The molecule has 106 valence electrons. The lowest BCUT2D eigenvalue weighted by Gasteiger charge is -2.10. The predicted molar refractivity (Wildman–Crippen MR) is 86.8 cm³/mol. The summed E-state index contributed by atoms with van der Waals surface area (Å²) in [5.74, 6) is 0. The Labute approximate surface area is 125 Å². The number of hydrogen-bond acceptors (Lipinski definition) is 2. The Morgan fingerprint density at radius 2 is 1.48 bits per heavy atom. The molecule has 3 nitrogen and oxygen atoms in total. The average molecular weight is 277 g/mol. The zero-order valence-corrected chi connectivity index (χ0v) is 11.9. The Balaban J connectivity index is 2.11. The smallest absolute Gasteiger partial charge is 0.0963 e. The molecular formula is C18H19N3. The second-order valence-corrected chi connectivity index (χ2v) is 5.01. The molecule has 0 radical (unpaired) electrons. The molecule has 3 rings (SSSR count). The van der Waals surface area contributed by atoms with E-state index in [-0.39, 0.29) is 0 Å². The standard InChI is InChI=1S/C18H19N3/c19-12-7-13-21-14-20-17(15-8-3-1-4-9-15)18(21)16-10-5-2-6-11-16/h1-6,8-11,14H,7,12-13,19H2. The quantitative estimate of drug-likeness (QED) is 0.775. The molecule has 0 amide bonds. The first-order valence-corrected chi connectivity index (χ1v) is 7.26. The average Bonchev–Trinajstić information content (AvgIpc) is 2.98. The van der Waals surface area contributed by atoms with Crippen LogP contribution in [0, 0.1) is 0 Å². The molecule has 0 saturated carbocycles. The van der Waals surface area contributed by atoms with Crippen LogP contribution in [0.3, 0.4) is 0 Å². The lowest BCUT2D eigenvalue weighted by atomic mass is 10.0. The Hall–Kier alpha value is -2.39. The minimum Gasteiger partial charge on any atom is -0.330 e. The monoisotopic (exact) mass is 277 g/mol. The van der Waals surface area contributed by atoms with E-state index in [0.717, 1.165) is 29.9 Å². The van der Waals surface area contributed by atoms with Gasteiger partial charge < -0.3 is 10.3 Å². The molecule has 0 fully saturated rings. The molecule has 21 heavy (non-hydrogen) atoms. The third-order valence-electron chi connectivity index (χ3n) is 3.54. The van der Waals surface area contributed by atoms with Gasteiger partial charge in [-0.1, -0.05) is 60.7 Å². The molecule has 2 N–H and O–H groups in total. The molecule has 0 aliphatic rings. The second-order valence-electron chi connectivity index (χ2n) is 5.01. The molecule has 2 aromatic carbocycles. The molecule has 0 spiro atoms. The van der Waals surface area contributed by atoms with Crippen molar-refractivity contribution in [3.63, 3.8) is 0 Å². The molecule has 0 aliphatic carbocycles. The maximum absolute atomic E-state index is 5.65. The van der Waals surface area contributed by atoms with Gasteiger partial charge in [-0.2, -0.15) is 0 Å². The molecule has 3 aromatic rings. The maximum atomic E-state index is 5.65. The van der Waals surface area contributed by atoms with E-state index in [9.17, 15) is 0 Å². The molecule has 1 aromatic heterocycles. The summed E-state index contributed by atoms with van der Waals surface area (Å²) in [6, 6.07) is 20.7. The van der Waals surface area contributed by atoms with Crippen molar-refractivity contribution in [3.8, 4) is 22.5 Å². The zero-order chi connectivity index (χ0) is 14.5. The van der Waals surface area contributed by atoms with Crippen molar-refractivity contribution in [1.82, 2.24) is 9.55 Å². The summed E-state index contributed by atoms with van der Waals surface area (Å²) < 4.78 is 2.20. The summed E-state index contributed by atoms with van der Waals surface area (Å²) >= 11 is 0. The van der Waals surface area contributed by atoms with Gasteiger partial charge >= 0.3 is 0 Å². The fourth-order valence-electron chi connectivity index (χ4n) is 2.52. The van der Waals surface area contributed by atoms with E-state index in [0.29, 0.717) is 6.54 Å². The van der Waals surface area contributed by atoms with E-state index < -0.39 is 0 Å². The third kappa shape index (κ3) is 2.88. The van der Waals surface area contributed by atoms with Gasteiger partial charge in [0.25, 0.3) is 0 Å². The summed E-state index contributed by atoms with van der Waals surface area (Å²) in [7, 11) is 0. The van der Waals surface area contributed by atoms with Crippen LogP contribution in [0.25, 0.3) is 22.5 Å². The molecular weight excluding hydrogens is 258 g/mol. The first kappa shape index (κ1) is 13.6. The highest BCUT2D eigenvalue weighted by Gasteiger charge is 2.14. The van der Waals surface area contributed by atoms with Crippen LogP contribution in [0.1, 0.15) is 6.42 Å². The topological polar surface area (TPSA) is 43.8 Å². The first-order valence-electron chi connectivity index (χ1n) is 7.26. The molecule has 0 aliphatic heterocycles. The second kappa shape index (κ2) is 6.37. The predicted octanol–water partition coefficient (Wildman–Crippen LogP) is 3.57. The lowest BCUT2D eigenvalue weighted by molar-refractivity contribution is 0.655. The number of aryl methyl sites for hydroxylation is 1. The molecule has 0 atom stereocenters. The Kier molecular flexibility index (Phi) is 4.12. The maximum Gasteiger partial charge on any atom is 0.0963 e. The van der Waals surface area contributed by atoms with E-state index in [1.54, 1.807) is 0 Å². The van der Waals surface area contributed by atoms with Crippen molar-refractivity contribution in [3.05, 3.63) is 67.0 Å². The highest BCUT2D eigenvalue weighted by molar-refractivity contribution is 5.78. The Morgan fingerprint density at radius 1 is 0.857 bits per heavy atom. The molecule has 0 bridgehead atoms. The lowest BCUT2D eigenvalue weighted by Crippen LogP contribution is -2.06. The number of nitrogens with two attached hydrogens (primary N) is 1. The minimum absolute atomic E-state index is 0.688. The number of rotatable bonds is 5. The van der Waals surface area contributed by atoms with Gasteiger partial charge in [0.1, 0.15) is 0 Å². The van der Waals surface area contributed by atoms with Crippen LogP contribution in [0.5, 0.6) is 0 Å². The minimum atomic E-state index is 0.688. The largest absolute Gasteiger partial charge is 0.330 e. The first-order chi connectivity index (χ1) is 10.4. The van der Waals surface area contributed by atoms with Crippen molar-refractivity contribution >= 4 is 0 Å². The van der Waals surface area contributed by atoms with E-state index >= 15 is 0 Å². The van der Waals surface area contributed by atoms with Gasteiger partial charge in [-0.3, -0.25) is 0 Å². The Morgan fingerprint density at radius 3 is 2.10 bits per heavy atom. The van der Waals surface area contributed by atoms with Gasteiger partial charge in [0, 0.05) is 17.7 Å².